The van der Waals surface area contributed by atoms with Crippen molar-refractivity contribution in [2.24, 2.45) is 5.73 Å². The van der Waals surface area contributed by atoms with Gasteiger partial charge < -0.3 is 5.73 Å². The van der Waals surface area contributed by atoms with Crippen molar-refractivity contribution >= 4 is 11.3 Å². The van der Waals surface area contributed by atoms with Crippen LogP contribution in [-0.2, 0) is 0 Å². The number of hydrogen-bond acceptors (Lipinski definition) is 3. The molecule has 2 N–H and O–H groups in total. The smallest absolute Gasteiger partial charge is 0.0588 e. The van der Waals surface area contributed by atoms with Gasteiger partial charge in [0.15, 0.2) is 0 Å². The van der Waals surface area contributed by atoms with Crippen molar-refractivity contribution in [1.82, 2.24) is 4.90 Å². The molecule has 1 heterocycles. The molecule has 0 aromatic carbocycles. The first kappa shape index (κ1) is 10.7. The summed E-state index contributed by atoms with van der Waals surface area (Å²) in [5.41, 5.74) is 5.97. The molecule has 74 valence electrons. The topological polar surface area (TPSA) is 29.3 Å². The fourth-order valence-electron chi connectivity index (χ4n) is 1.53. The molecule has 1 aromatic rings. The second-order valence-corrected chi connectivity index (χ2v) is 4.37. The Kier molecular flexibility index (Phi) is 3.90. The van der Waals surface area contributed by atoms with Crippen LogP contribution in [0.5, 0.6) is 0 Å². The summed E-state index contributed by atoms with van der Waals surface area (Å²) in [6.45, 7) is 5.25. The third-order valence-corrected chi connectivity index (χ3v) is 3.25. The molecule has 2 atom stereocenters. The van der Waals surface area contributed by atoms with Gasteiger partial charge in [-0.15, -0.1) is 11.3 Å². The lowest BCUT2D eigenvalue weighted by Crippen LogP contribution is -2.36. The number of nitrogens with zero attached hydrogens (tertiary/aromatic N) is 1. The highest BCUT2D eigenvalue weighted by atomic mass is 32.1. The van der Waals surface area contributed by atoms with Gasteiger partial charge >= 0.3 is 0 Å². The quantitative estimate of drug-likeness (QED) is 0.802. The highest BCUT2D eigenvalue weighted by Gasteiger charge is 2.20. The molecule has 3 heteroatoms. The van der Waals surface area contributed by atoms with E-state index in [4.69, 9.17) is 5.73 Å². The number of hydrogen-bond donors (Lipinski definition) is 1. The minimum Gasteiger partial charge on any atom is -0.326 e. The Morgan fingerprint density at radius 2 is 2.31 bits per heavy atom. The molecular weight excluding hydrogens is 180 g/mol. The molecular formula is C10H18N2S. The molecule has 0 amide bonds. The zero-order valence-electron chi connectivity index (χ0n) is 8.53. The third kappa shape index (κ3) is 2.53. The van der Waals surface area contributed by atoms with Crippen LogP contribution in [0.1, 0.15) is 24.8 Å². The highest BCUT2D eigenvalue weighted by Crippen LogP contribution is 2.25. The van der Waals surface area contributed by atoms with Gasteiger partial charge in [0, 0.05) is 10.9 Å². The largest absolute Gasteiger partial charge is 0.326 e. The summed E-state index contributed by atoms with van der Waals surface area (Å²) in [5.74, 6) is 0. The van der Waals surface area contributed by atoms with Crippen LogP contribution in [0, 0.1) is 0 Å². The van der Waals surface area contributed by atoms with Crippen LogP contribution in [0.3, 0.4) is 0 Å². The van der Waals surface area contributed by atoms with E-state index >= 15 is 0 Å². The SMILES string of the molecule is CCN(C)C(c1cccs1)C(C)N. The van der Waals surface area contributed by atoms with Gasteiger partial charge in [-0.05, 0) is 32.0 Å². The van der Waals surface area contributed by atoms with E-state index in [2.05, 4.69) is 43.3 Å². The molecule has 1 rings (SSSR count). The van der Waals surface area contributed by atoms with Crippen molar-refractivity contribution in [1.29, 1.82) is 0 Å². The van der Waals surface area contributed by atoms with Gasteiger partial charge in [-0.3, -0.25) is 4.90 Å². The van der Waals surface area contributed by atoms with E-state index in [1.807, 2.05) is 0 Å². The molecule has 0 fully saturated rings. The Morgan fingerprint density at radius 3 is 2.69 bits per heavy atom. The average molecular weight is 198 g/mol. The second-order valence-electron chi connectivity index (χ2n) is 3.39. The van der Waals surface area contributed by atoms with Crippen LogP contribution >= 0.6 is 11.3 Å². The van der Waals surface area contributed by atoms with Crippen LogP contribution in [0.4, 0.5) is 0 Å². The number of rotatable bonds is 4. The summed E-state index contributed by atoms with van der Waals surface area (Å²) < 4.78 is 0. The number of thiophene rings is 1. The van der Waals surface area contributed by atoms with Gasteiger partial charge in [0.25, 0.3) is 0 Å². The number of likely N-dealkylation sites (N-methyl/N-ethyl adjacent to an activating group) is 1. The van der Waals surface area contributed by atoms with Crippen LogP contribution < -0.4 is 5.73 Å². The van der Waals surface area contributed by atoms with Gasteiger partial charge in [0.1, 0.15) is 0 Å². The summed E-state index contributed by atoms with van der Waals surface area (Å²) in [7, 11) is 2.12. The molecule has 0 saturated heterocycles. The maximum atomic E-state index is 5.97. The van der Waals surface area contributed by atoms with Gasteiger partial charge in [-0.25, -0.2) is 0 Å². The van der Waals surface area contributed by atoms with Crippen molar-refractivity contribution in [3.63, 3.8) is 0 Å². The van der Waals surface area contributed by atoms with E-state index in [0.717, 1.165) is 6.54 Å². The fraction of sp³-hybridized carbons (Fsp3) is 0.600. The summed E-state index contributed by atoms with van der Waals surface area (Å²) >= 11 is 1.78. The first-order chi connectivity index (χ1) is 6.16. The van der Waals surface area contributed by atoms with Gasteiger partial charge in [0.2, 0.25) is 0 Å². The van der Waals surface area contributed by atoms with E-state index in [1.165, 1.54) is 4.88 Å². The minimum atomic E-state index is 0.184. The summed E-state index contributed by atoms with van der Waals surface area (Å²) in [6.07, 6.45) is 0. The molecule has 13 heavy (non-hydrogen) atoms. The van der Waals surface area contributed by atoms with E-state index in [1.54, 1.807) is 11.3 Å². The maximum absolute atomic E-state index is 5.97. The molecule has 0 aliphatic carbocycles. The molecule has 0 spiro atoms. The van der Waals surface area contributed by atoms with Crippen LogP contribution in [0.2, 0.25) is 0 Å². The third-order valence-electron chi connectivity index (χ3n) is 2.31. The molecule has 0 radical (unpaired) electrons. The molecule has 2 nitrogen and oxygen atoms in total. The van der Waals surface area contributed by atoms with E-state index in [-0.39, 0.29) is 6.04 Å². The van der Waals surface area contributed by atoms with Gasteiger partial charge in [0.05, 0.1) is 6.04 Å². The summed E-state index contributed by atoms with van der Waals surface area (Å²) in [5, 5.41) is 2.11. The van der Waals surface area contributed by atoms with Crippen molar-refractivity contribution in [2.75, 3.05) is 13.6 Å². The summed E-state index contributed by atoms with van der Waals surface area (Å²) in [6, 6.07) is 4.79. The second kappa shape index (κ2) is 4.74. The normalized spacial score (nSPS) is 16.1. The Balaban J connectivity index is 2.80. The van der Waals surface area contributed by atoms with E-state index < -0.39 is 0 Å². The van der Waals surface area contributed by atoms with Crippen molar-refractivity contribution in [3.05, 3.63) is 22.4 Å². The predicted octanol–water partition coefficient (Wildman–Crippen LogP) is 2.09. The summed E-state index contributed by atoms with van der Waals surface area (Å²) in [4.78, 5) is 3.65. The first-order valence-corrected chi connectivity index (χ1v) is 5.54. The predicted molar refractivity (Wildman–Crippen MR) is 59.0 cm³/mol. The zero-order chi connectivity index (χ0) is 9.84. The molecule has 0 aliphatic rings. The molecule has 0 saturated carbocycles. The van der Waals surface area contributed by atoms with Crippen molar-refractivity contribution < 1.29 is 0 Å². The molecule has 0 aliphatic heterocycles. The van der Waals surface area contributed by atoms with Crippen molar-refractivity contribution in [2.45, 2.75) is 25.9 Å². The van der Waals surface area contributed by atoms with Crippen LogP contribution in [0.25, 0.3) is 0 Å². The van der Waals surface area contributed by atoms with E-state index in [0.29, 0.717) is 6.04 Å². The zero-order valence-corrected chi connectivity index (χ0v) is 9.34. The lowest BCUT2D eigenvalue weighted by molar-refractivity contribution is 0.233. The minimum absolute atomic E-state index is 0.184. The molecule has 2 unspecified atom stereocenters. The Labute approximate surface area is 84.4 Å². The Hall–Kier alpha value is -0.380. The van der Waals surface area contributed by atoms with Gasteiger partial charge in [-0.2, -0.15) is 0 Å². The molecule has 1 aromatic heterocycles. The lowest BCUT2D eigenvalue weighted by atomic mass is 10.1. The van der Waals surface area contributed by atoms with Gasteiger partial charge in [-0.1, -0.05) is 13.0 Å². The van der Waals surface area contributed by atoms with Crippen molar-refractivity contribution in [3.8, 4) is 0 Å². The molecule has 0 bridgehead atoms. The average Bonchev–Trinajstić information content (AvgIpc) is 2.56. The van der Waals surface area contributed by atoms with Crippen LogP contribution in [-0.4, -0.2) is 24.5 Å². The highest BCUT2D eigenvalue weighted by molar-refractivity contribution is 7.10. The number of nitrogens with two attached hydrogens (primary N) is 1. The lowest BCUT2D eigenvalue weighted by Gasteiger charge is -2.29. The Bertz CT molecular complexity index is 231. The Morgan fingerprint density at radius 1 is 1.62 bits per heavy atom. The maximum Gasteiger partial charge on any atom is 0.0588 e. The fourth-order valence-corrected chi connectivity index (χ4v) is 2.54. The first-order valence-electron chi connectivity index (χ1n) is 4.66. The standard InChI is InChI=1S/C10H18N2S/c1-4-12(3)10(8(2)11)9-6-5-7-13-9/h5-8,10H,4,11H2,1-3H3. The monoisotopic (exact) mass is 198 g/mol. The van der Waals surface area contributed by atoms with E-state index in [9.17, 15) is 0 Å². The van der Waals surface area contributed by atoms with Crippen LogP contribution in [0.15, 0.2) is 17.5 Å².